The molecule has 0 bridgehead atoms. The summed E-state index contributed by atoms with van der Waals surface area (Å²) in [5.74, 6) is 0. The van der Waals surface area contributed by atoms with Gasteiger partial charge in [-0.1, -0.05) is 6.08 Å². The quantitative estimate of drug-likeness (QED) is 0.253. The molecule has 2 N–H and O–H groups in total. The van der Waals surface area contributed by atoms with Gasteiger partial charge in [-0.3, -0.25) is 10.1 Å². The second-order valence-corrected chi connectivity index (χ2v) is 5.63. The number of nitrogens with one attached hydrogen (secondary N) is 1. The normalized spacial score (nSPS) is 20.2. The van der Waals surface area contributed by atoms with Gasteiger partial charge in [0.15, 0.2) is 0 Å². The lowest BCUT2D eigenvalue weighted by atomic mass is 10.1. The molecule has 0 saturated carbocycles. The zero-order valence-electron chi connectivity index (χ0n) is 12.6. The number of carbonyl (C=O) groups is 1. The number of alkyl halides is 6. The lowest BCUT2D eigenvalue weighted by Crippen LogP contribution is -2.61. The number of nitro benzene ring substituents is 1. The minimum Gasteiger partial charge on any atom is -0.465 e. The Balaban J connectivity index is 2.90. The molecule has 0 saturated heterocycles. The number of halogens is 6. The van der Waals surface area contributed by atoms with Crippen molar-refractivity contribution in [1.82, 2.24) is 0 Å². The second kappa shape index (κ2) is 5.97. The lowest BCUT2D eigenvalue weighted by molar-refractivity contribution is -0.384. The van der Waals surface area contributed by atoms with Crippen LogP contribution in [0.25, 0.3) is 0 Å². The molecule has 26 heavy (non-hydrogen) atoms. The molecule has 1 aromatic rings. The van der Waals surface area contributed by atoms with Crippen molar-refractivity contribution in [3.8, 4) is 0 Å². The average molecular weight is 402 g/mol. The highest BCUT2D eigenvalue weighted by Gasteiger charge is 2.63. The molecule has 1 atom stereocenters. The van der Waals surface area contributed by atoms with E-state index in [0.29, 0.717) is 6.08 Å². The summed E-state index contributed by atoms with van der Waals surface area (Å²) < 4.78 is 67.1. The summed E-state index contributed by atoms with van der Waals surface area (Å²) in [6.07, 6.45) is -5.62. The first kappa shape index (κ1) is 19.7. The number of anilines is 2. The molecule has 2 rings (SSSR count). The van der Waals surface area contributed by atoms with Crippen LogP contribution in [0.3, 0.4) is 0 Å². The van der Waals surface area contributed by atoms with Crippen molar-refractivity contribution in [2.45, 2.75) is 24.1 Å². The van der Waals surface area contributed by atoms with Crippen molar-refractivity contribution in [3.05, 3.63) is 40.0 Å². The molecule has 1 aliphatic heterocycles. The highest BCUT2D eigenvalue weighted by molar-refractivity contribution is 6.24. The van der Waals surface area contributed by atoms with Gasteiger partial charge in [-0.25, -0.2) is 9.69 Å². The van der Waals surface area contributed by atoms with Crippen LogP contribution in [0.5, 0.6) is 0 Å². The Morgan fingerprint density at radius 2 is 1.96 bits per heavy atom. The van der Waals surface area contributed by atoms with Crippen LogP contribution in [0.1, 0.15) is 12.5 Å². The summed E-state index contributed by atoms with van der Waals surface area (Å²) in [7, 11) is 0. The van der Waals surface area contributed by atoms with E-state index in [-0.39, 0.29) is 17.0 Å². The Hall–Kier alpha value is -2.63. The molecule has 142 valence electrons. The lowest BCUT2D eigenvalue weighted by Gasteiger charge is -2.37. The predicted molar refractivity (Wildman–Crippen MR) is 80.6 cm³/mol. The molecule has 7 nitrogen and oxygen atoms in total. The molecule has 1 aliphatic rings. The number of hydrogen-bond donors (Lipinski definition) is 2. The van der Waals surface area contributed by atoms with E-state index >= 15 is 0 Å². The van der Waals surface area contributed by atoms with Gasteiger partial charge < -0.3 is 10.4 Å². The van der Waals surface area contributed by atoms with E-state index in [1.807, 2.05) is 5.32 Å². The topological polar surface area (TPSA) is 95.7 Å². The highest BCUT2D eigenvalue weighted by Crippen LogP contribution is 2.53. The van der Waals surface area contributed by atoms with Crippen molar-refractivity contribution >= 4 is 34.8 Å². The fourth-order valence-electron chi connectivity index (χ4n) is 2.56. The van der Waals surface area contributed by atoms with Gasteiger partial charge in [0.05, 0.1) is 16.2 Å². The number of benzene rings is 1. The van der Waals surface area contributed by atoms with E-state index in [0.717, 1.165) is 6.08 Å². The Bertz CT molecular complexity index is 808. The monoisotopic (exact) mass is 401 g/mol. The smallest absolute Gasteiger partial charge is 0.416 e. The largest absolute Gasteiger partial charge is 0.465 e. The third-order valence-electron chi connectivity index (χ3n) is 3.56. The highest BCUT2D eigenvalue weighted by atomic mass is 35.5. The molecule has 0 fully saturated rings. The first-order valence-electron chi connectivity index (χ1n) is 6.68. The number of rotatable bonds is 3. The van der Waals surface area contributed by atoms with Gasteiger partial charge in [0.25, 0.3) is 5.69 Å². The second-order valence-electron chi connectivity index (χ2n) is 5.15. The molecular formula is C13H9ClF5N3O4. The number of nitrogens with zero attached hydrogens (tertiary/aromatic N) is 2. The Labute approximate surface area is 146 Å². The minimum atomic E-state index is -5.08. The number of carboxylic acid groups (broad SMARTS) is 1. The van der Waals surface area contributed by atoms with Gasteiger partial charge in [-0.15, -0.1) is 0 Å². The van der Waals surface area contributed by atoms with Crippen molar-refractivity contribution < 1.29 is 36.8 Å². The van der Waals surface area contributed by atoms with E-state index in [4.69, 9.17) is 11.6 Å². The standard InChI is InChI=1S/C13H9ClF5N3O4/c1-2-3-11(13(14,18)19)20-9-7(21(11)10(23)24)4-6(12(15,16)17)5-8(9)22(25)26/h2-5,20H,1H3,(H,23,24). The van der Waals surface area contributed by atoms with Crippen LogP contribution in [-0.4, -0.2) is 27.2 Å². The van der Waals surface area contributed by atoms with Gasteiger partial charge in [0.2, 0.25) is 5.66 Å². The molecule has 0 aromatic heterocycles. The summed E-state index contributed by atoms with van der Waals surface area (Å²) in [6, 6.07) is 0.335. The van der Waals surface area contributed by atoms with Gasteiger partial charge in [-0.2, -0.15) is 22.0 Å². The molecule has 1 unspecified atom stereocenters. The Kier molecular flexibility index (Phi) is 4.52. The van der Waals surface area contributed by atoms with Crippen molar-refractivity contribution in [2.75, 3.05) is 10.2 Å². The van der Waals surface area contributed by atoms with Crippen LogP contribution in [-0.2, 0) is 6.18 Å². The SMILES string of the molecule is CC=CC1(C(F)(F)Cl)Nc2c(cc(C(F)(F)F)cc2[N+](=O)[O-])N1C(=O)O. The van der Waals surface area contributed by atoms with Crippen LogP contribution in [0.2, 0.25) is 0 Å². The maximum absolute atomic E-state index is 14.1. The maximum atomic E-state index is 14.1. The molecule has 0 spiro atoms. The molecule has 1 amide bonds. The van der Waals surface area contributed by atoms with Crippen molar-refractivity contribution in [3.63, 3.8) is 0 Å². The predicted octanol–water partition coefficient (Wildman–Crippen LogP) is 4.63. The molecule has 1 heterocycles. The minimum absolute atomic E-state index is 0.115. The van der Waals surface area contributed by atoms with Gasteiger partial charge in [-0.05, 0) is 30.7 Å². The summed E-state index contributed by atoms with van der Waals surface area (Å²) in [6.45, 7) is 1.23. The molecule has 0 aliphatic carbocycles. The molecule has 0 radical (unpaired) electrons. The summed E-state index contributed by atoms with van der Waals surface area (Å²) in [4.78, 5) is 21.3. The number of nitro groups is 1. The summed E-state index contributed by atoms with van der Waals surface area (Å²) in [5.41, 5.74) is -7.67. The van der Waals surface area contributed by atoms with Crippen LogP contribution in [0.4, 0.5) is 43.8 Å². The molecule has 1 aromatic carbocycles. The van der Waals surface area contributed by atoms with E-state index in [1.165, 1.54) is 6.92 Å². The van der Waals surface area contributed by atoms with Crippen molar-refractivity contribution in [1.29, 1.82) is 0 Å². The van der Waals surface area contributed by atoms with Crippen LogP contribution < -0.4 is 10.2 Å². The fourth-order valence-corrected chi connectivity index (χ4v) is 2.76. The van der Waals surface area contributed by atoms with Gasteiger partial charge in [0.1, 0.15) is 5.69 Å². The molecule has 13 heteroatoms. The number of fused-ring (bicyclic) bond motifs is 1. The number of allylic oxidation sites excluding steroid dienone is 1. The van der Waals surface area contributed by atoms with E-state index in [2.05, 4.69) is 0 Å². The van der Waals surface area contributed by atoms with Gasteiger partial charge >= 0.3 is 17.7 Å². The molecular weight excluding hydrogens is 393 g/mol. The first-order chi connectivity index (χ1) is 11.8. The zero-order valence-corrected chi connectivity index (χ0v) is 13.4. The van der Waals surface area contributed by atoms with E-state index in [1.54, 1.807) is 0 Å². The van der Waals surface area contributed by atoms with Crippen LogP contribution >= 0.6 is 11.6 Å². The van der Waals surface area contributed by atoms with Crippen LogP contribution in [0, 0.1) is 10.1 Å². The third kappa shape index (κ3) is 2.89. The number of amides is 1. The average Bonchev–Trinajstić information content (AvgIpc) is 2.80. The Morgan fingerprint density at radius 3 is 2.35 bits per heavy atom. The maximum Gasteiger partial charge on any atom is 0.416 e. The fraction of sp³-hybridized carbons (Fsp3) is 0.308. The number of hydrogen-bond acceptors (Lipinski definition) is 4. The van der Waals surface area contributed by atoms with E-state index < -0.39 is 50.9 Å². The first-order valence-corrected chi connectivity index (χ1v) is 7.05. The summed E-state index contributed by atoms with van der Waals surface area (Å²) >= 11 is 5.02. The Morgan fingerprint density at radius 1 is 1.38 bits per heavy atom. The van der Waals surface area contributed by atoms with Crippen LogP contribution in [0.15, 0.2) is 24.3 Å². The summed E-state index contributed by atoms with van der Waals surface area (Å²) in [5, 5.41) is 18.0. The van der Waals surface area contributed by atoms with Crippen molar-refractivity contribution in [2.24, 2.45) is 0 Å². The van der Waals surface area contributed by atoms with E-state index in [9.17, 15) is 42.0 Å². The van der Waals surface area contributed by atoms with Gasteiger partial charge in [0, 0.05) is 6.07 Å². The third-order valence-corrected chi connectivity index (χ3v) is 3.85. The zero-order chi connectivity index (χ0) is 20.1.